The Balaban J connectivity index is 1.61. The number of benzene rings is 1. The highest BCUT2D eigenvalue weighted by molar-refractivity contribution is 5.66. The Bertz CT molecular complexity index is 1110. The minimum atomic E-state index is 0.112. The third-order valence-electron chi connectivity index (χ3n) is 5.24. The molecule has 5 rings (SSSR count). The fourth-order valence-electron chi connectivity index (χ4n) is 3.69. The Labute approximate surface area is 163 Å². The highest BCUT2D eigenvalue weighted by atomic mass is 15.4. The molecule has 1 aliphatic rings. The first-order chi connectivity index (χ1) is 13.7. The lowest BCUT2D eigenvalue weighted by Crippen LogP contribution is -2.20. The van der Waals surface area contributed by atoms with Gasteiger partial charge in [0.15, 0.2) is 5.65 Å². The molecule has 0 amide bonds. The number of aryl methyl sites for hydroxylation is 2. The van der Waals surface area contributed by atoms with E-state index in [-0.39, 0.29) is 6.04 Å². The summed E-state index contributed by atoms with van der Waals surface area (Å²) in [5.74, 6) is 2.48. The van der Waals surface area contributed by atoms with Crippen LogP contribution >= 0.6 is 0 Å². The van der Waals surface area contributed by atoms with Crippen LogP contribution in [0.15, 0.2) is 48.8 Å². The molecule has 3 aromatic heterocycles. The number of hydrogen-bond donors (Lipinski definition) is 1. The van der Waals surface area contributed by atoms with Crippen LogP contribution in [0.3, 0.4) is 0 Å². The third kappa shape index (κ3) is 3.02. The normalized spacial score (nSPS) is 15.1. The lowest BCUT2D eigenvalue weighted by atomic mass is 10.1. The van der Waals surface area contributed by atoms with Crippen molar-refractivity contribution in [2.24, 2.45) is 5.92 Å². The second-order valence-corrected chi connectivity index (χ2v) is 7.34. The number of rotatable bonds is 6. The topological polar surface area (TPSA) is 72.9 Å². The molecule has 0 bridgehead atoms. The number of aromatic nitrogens is 6. The molecular formula is C21H23N7. The van der Waals surface area contributed by atoms with Crippen molar-refractivity contribution in [3.8, 4) is 11.3 Å². The molecular weight excluding hydrogens is 350 g/mol. The van der Waals surface area contributed by atoms with E-state index >= 15 is 0 Å². The minimum Gasteiger partial charge on any atom is -0.360 e. The van der Waals surface area contributed by atoms with Gasteiger partial charge >= 0.3 is 0 Å². The predicted octanol–water partition coefficient (Wildman–Crippen LogP) is 3.88. The van der Waals surface area contributed by atoms with Gasteiger partial charge < -0.3 is 5.32 Å². The van der Waals surface area contributed by atoms with E-state index in [9.17, 15) is 0 Å². The zero-order chi connectivity index (χ0) is 19.1. The van der Waals surface area contributed by atoms with Crippen LogP contribution < -0.4 is 5.32 Å². The van der Waals surface area contributed by atoms with E-state index in [1.165, 1.54) is 12.8 Å². The van der Waals surface area contributed by atoms with Crippen molar-refractivity contribution in [3.05, 3.63) is 60.3 Å². The maximum absolute atomic E-state index is 4.82. The Morgan fingerprint density at radius 2 is 2.00 bits per heavy atom. The zero-order valence-electron chi connectivity index (χ0n) is 16.1. The summed E-state index contributed by atoms with van der Waals surface area (Å²) in [5.41, 5.74) is 3.81. The molecule has 28 heavy (non-hydrogen) atoms. The molecule has 0 aliphatic heterocycles. The van der Waals surface area contributed by atoms with Crippen molar-refractivity contribution < 1.29 is 0 Å². The maximum Gasteiger partial charge on any atom is 0.158 e. The minimum absolute atomic E-state index is 0.112. The summed E-state index contributed by atoms with van der Waals surface area (Å²) in [6.45, 7) is 4.89. The summed E-state index contributed by atoms with van der Waals surface area (Å²) in [5, 5.41) is 12.7. The summed E-state index contributed by atoms with van der Waals surface area (Å²) in [6, 6.07) is 14.5. The molecule has 0 spiro atoms. The average Bonchev–Trinajstić information content (AvgIpc) is 3.32. The second kappa shape index (κ2) is 6.74. The van der Waals surface area contributed by atoms with Gasteiger partial charge in [-0.2, -0.15) is 14.7 Å². The fourth-order valence-corrected chi connectivity index (χ4v) is 3.69. The quantitative estimate of drug-likeness (QED) is 0.555. The first-order valence-electron chi connectivity index (χ1n) is 9.80. The average molecular weight is 373 g/mol. The van der Waals surface area contributed by atoms with Gasteiger partial charge in [-0.25, -0.2) is 14.6 Å². The predicted molar refractivity (Wildman–Crippen MR) is 108 cm³/mol. The van der Waals surface area contributed by atoms with Gasteiger partial charge in [0.1, 0.15) is 18.0 Å². The molecule has 1 aromatic carbocycles. The highest BCUT2D eigenvalue weighted by Gasteiger charge is 2.35. The van der Waals surface area contributed by atoms with E-state index in [0.29, 0.717) is 5.92 Å². The van der Waals surface area contributed by atoms with E-state index in [1.54, 1.807) is 6.33 Å². The Morgan fingerprint density at radius 1 is 1.18 bits per heavy atom. The van der Waals surface area contributed by atoms with Crippen molar-refractivity contribution in [2.45, 2.75) is 39.3 Å². The highest BCUT2D eigenvalue weighted by Crippen LogP contribution is 2.42. The molecule has 1 saturated carbocycles. The number of anilines is 1. The van der Waals surface area contributed by atoms with Gasteiger partial charge in [-0.15, -0.1) is 0 Å². The van der Waals surface area contributed by atoms with E-state index in [2.05, 4.69) is 45.6 Å². The summed E-state index contributed by atoms with van der Waals surface area (Å²) in [7, 11) is 0. The van der Waals surface area contributed by atoms with E-state index in [0.717, 1.165) is 40.8 Å². The molecule has 1 fully saturated rings. The van der Waals surface area contributed by atoms with Crippen LogP contribution in [0.5, 0.6) is 0 Å². The second-order valence-electron chi connectivity index (χ2n) is 7.34. The van der Waals surface area contributed by atoms with Gasteiger partial charge in [0.25, 0.3) is 0 Å². The molecule has 1 aliphatic carbocycles. The number of nitrogens with one attached hydrogen (secondary N) is 1. The molecule has 3 heterocycles. The molecule has 0 radical (unpaired) electrons. The van der Waals surface area contributed by atoms with Crippen LogP contribution in [0.4, 0.5) is 5.82 Å². The zero-order valence-corrected chi connectivity index (χ0v) is 16.1. The smallest absolute Gasteiger partial charge is 0.158 e. The van der Waals surface area contributed by atoms with Crippen molar-refractivity contribution >= 4 is 11.5 Å². The summed E-state index contributed by atoms with van der Waals surface area (Å²) < 4.78 is 3.87. The first kappa shape index (κ1) is 16.9. The molecule has 7 nitrogen and oxygen atoms in total. The Hall–Kier alpha value is -3.22. The first-order valence-corrected chi connectivity index (χ1v) is 9.80. The molecule has 7 heteroatoms. The van der Waals surface area contributed by atoms with E-state index in [1.807, 2.05) is 40.4 Å². The fraction of sp³-hybridized carbons (Fsp3) is 0.333. The van der Waals surface area contributed by atoms with Gasteiger partial charge in [-0.05, 0) is 32.6 Å². The van der Waals surface area contributed by atoms with Gasteiger partial charge in [0, 0.05) is 24.2 Å². The van der Waals surface area contributed by atoms with Crippen molar-refractivity contribution in [1.82, 2.24) is 29.4 Å². The molecule has 1 atom stereocenters. The van der Waals surface area contributed by atoms with Gasteiger partial charge in [0.05, 0.1) is 17.4 Å². The van der Waals surface area contributed by atoms with Crippen LogP contribution in [0, 0.1) is 12.8 Å². The van der Waals surface area contributed by atoms with Crippen LogP contribution in [-0.2, 0) is 6.54 Å². The van der Waals surface area contributed by atoms with Gasteiger partial charge in [0.2, 0.25) is 0 Å². The molecule has 4 aromatic rings. The maximum atomic E-state index is 4.82. The van der Waals surface area contributed by atoms with Crippen LogP contribution in [0.25, 0.3) is 16.9 Å². The SMILES string of the molecule is CCn1ncnc1[C@@H](Nc1cc(-c2ccccc2)nc2cc(C)nn12)C1CC1. The number of fused-ring (bicyclic) bond motifs is 1. The Kier molecular flexibility index (Phi) is 4.07. The van der Waals surface area contributed by atoms with Crippen LogP contribution in [-0.4, -0.2) is 29.4 Å². The van der Waals surface area contributed by atoms with Gasteiger partial charge in [-0.1, -0.05) is 30.3 Å². The lowest BCUT2D eigenvalue weighted by molar-refractivity contribution is 0.543. The summed E-state index contributed by atoms with van der Waals surface area (Å²) in [6.07, 6.45) is 4.05. The van der Waals surface area contributed by atoms with Crippen LogP contribution in [0.2, 0.25) is 0 Å². The molecule has 1 N–H and O–H groups in total. The lowest BCUT2D eigenvalue weighted by Gasteiger charge is -2.20. The van der Waals surface area contributed by atoms with E-state index < -0.39 is 0 Å². The third-order valence-corrected chi connectivity index (χ3v) is 5.24. The molecule has 142 valence electrons. The monoisotopic (exact) mass is 373 g/mol. The van der Waals surface area contributed by atoms with Crippen molar-refractivity contribution in [1.29, 1.82) is 0 Å². The molecule has 0 unspecified atom stereocenters. The standard InChI is InChI=1S/C21H23N7/c1-3-27-21(22-13-23-27)20(16-9-10-16)25-19-12-17(15-7-5-4-6-8-15)24-18-11-14(2)26-28(18)19/h4-8,11-13,16,20,25H,3,9-10H2,1-2H3/t20-/m0/s1. The van der Waals surface area contributed by atoms with Gasteiger partial charge in [-0.3, -0.25) is 0 Å². The number of hydrogen-bond acceptors (Lipinski definition) is 5. The molecule has 0 saturated heterocycles. The summed E-state index contributed by atoms with van der Waals surface area (Å²) in [4.78, 5) is 9.37. The Morgan fingerprint density at radius 3 is 2.75 bits per heavy atom. The van der Waals surface area contributed by atoms with Crippen LogP contribution in [0.1, 0.15) is 37.3 Å². The largest absolute Gasteiger partial charge is 0.360 e. The number of nitrogens with zero attached hydrogens (tertiary/aromatic N) is 6. The van der Waals surface area contributed by atoms with Crippen molar-refractivity contribution in [3.63, 3.8) is 0 Å². The summed E-state index contributed by atoms with van der Waals surface area (Å²) >= 11 is 0. The van der Waals surface area contributed by atoms with E-state index in [4.69, 9.17) is 4.98 Å². The van der Waals surface area contributed by atoms with Crippen molar-refractivity contribution in [2.75, 3.05) is 5.32 Å².